The van der Waals surface area contributed by atoms with E-state index in [-0.39, 0.29) is 5.02 Å². The van der Waals surface area contributed by atoms with Gasteiger partial charge in [0.2, 0.25) is 0 Å². The molecule has 0 aliphatic carbocycles. The number of aryl methyl sites for hydroxylation is 1. The van der Waals surface area contributed by atoms with E-state index in [2.05, 4.69) is 4.98 Å². The number of aromatic nitrogens is 1. The first-order chi connectivity index (χ1) is 5.95. The molecule has 0 aromatic carbocycles. The molecule has 0 unspecified atom stereocenters. The standard InChI is InChI=1S/C8H7ClF3N/c1-2-7-6(9)3-5(4-13-7)8(10,11)12/h3-4H,2H2,1H3. The Morgan fingerprint density at radius 1 is 1.46 bits per heavy atom. The van der Waals surface area contributed by atoms with E-state index in [4.69, 9.17) is 11.6 Å². The maximum Gasteiger partial charge on any atom is 0.417 e. The van der Waals surface area contributed by atoms with Crippen LogP contribution in [0, 0.1) is 0 Å². The zero-order valence-electron chi connectivity index (χ0n) is 6.82. The Kier molecular flexibility index (Phi) is 2.81. The van der Waals surface area contributed by atoms with Crippen LogP contribution in [-0.2, 0) is 12.6 Å². The van der Waals surface area contributed by atoms with Crippen molar-refractivity contribution in [1.82, 2.24) is 4.98 Å². The Balaban J connectivity index is 3.10. The van der Waals surface area contributed by atoms with Crippen LogP contribution in [0.15, 0.2) is 12.3 Å². The molecule has 1 nitrogen and oxygen atoms in total. The van der Waals surface area contributed by atoms with Crippen LogP contribution in [0.4, 0.5) is 13.2 Å². The quantitative estimate of drug-likeness (QED) is 0.692. The van der Waals surface area contributed by atoms with E-state index in [1.807, 2.05) is 0 Å². The highest BCUT2D eigenvalue weighted by molar-refractivity contribution is 6.31. The lowest BCUT2D eigenvalue weighted by Gasteiger charge is -2.07. The number of hydrogen-bond donors (Lipinski definition) is 0. The normalized spacial score (nSPS) is 11.8. The van der Waals surface area contributed by atoms with Gasteiger partial charge < -0.3 is 0 Å². The van der Waals surface area contributed by atoms with Crippen LogP contribution < -0.4 is 0 Å². The molecule has 0 amide bonds. The van der Waals surface area contributed by atoms with Crippen LogP contribution in [0.25, 0.3) is 0 Å². The van der Waals surface area contributed by atoms with Gasteiger partial charge in [0.1, 0.15) is 0 Å². The van der Waals surface area contributed by atoms with Gasteiger partial charge in [-0.05, 0) is 12.5 Å². The molecule has 0 atom stereocenters. The van der Waals surface area contributed by atoms with E-state index >= 15 is 0 Å². The summed E-state index contributed by atoms with van der Waals surface area (Å²) >= 11 is 5.57. The highest BCUT2D eigenvalue weighted by Crippen LogP contribution is 2.30. The van der Waals surface area contributed by atoms with Crippen molar-refractivity contribution in [2.24, 2.45) is 0 Å². The summed E-state index contributed by atoms with van der Waals surface area (Å²) in [5, 5.41) is 0.0670. The first-order valence-electron chi connectivity index (χ1n) is 3.66. The third kappa shape index (κ3) is 2.34. The fourth-order valence-electron chi connectivity index (χ4n) is 0.881. The van der Waals surface area contributed by atoms with E-state index in [0.29, 0.717) is 12.1 Å². The lowest BCUT2D eigenvalue weighted by molar-refractivity contribution is -0.137. The first-order valence-corrected chi connectivity index (χ1v) is 4.04. The van der Waals surface area contributed by atoms with Crippen LogP contribution in [0.1, 0.15) is 18.2 Å². The van der Waals surface area contributed by atoms with E-state index in [9.17, 15) is 13.2 Å². The summed E-state index contributed by atoms with van der Waals surface area (Å²) in [5.74, 6) is 0. The minimum absolute atomic E-state index is 0.0670. The van der Waals surface area contributed by atoms with Crippen LogP contribution in [0.5, 0.6) is 0 Å². The molecule has 0 fully saturated rings. The van der Waals surface area contributed by atoms with Gasteiger partial charge in [-0.3, -0.25) is 4.98 Å². The van der Waals surface area contributed by atoms with Crippen molar-refractivity contribution in [3.63, 3.8) is 0 Å². The molecule has 1 heterocycles. The number of halogens is 4. The molecule has 0 saturated carbocycles. The van der Waals surface area contributed by atoms with Crippen LogP contribution >= 0.6 is 11.6 Å². The highest BCUT2D eigenvalue weighted by atomic mass is 35.5. The van der Waals surface area contributed by atoms with Gasteiger partial charge in [-0.25, -0.2) is 0 Å². The van der Waals surface area contributed by atoms with Gasteiger partial charge in [0, 0.05) is 6.20 Å². The fraction of sp³-hybridized carbons (Fsp3) is 0.375. The number of nitrogens with zero attached hydrogens (tertiary/aromatic N) is 1. The average Bonchev–Trinajstić information content (AvgIpc) is 2.02. The van der Waals surface area contributed by atoms with Gasteiger partial charge in [0.05, 0.1) is 16.3 Å². The zero-order chi connectivity index (χ0) is 10.1. The molecule has 0 aliphatic rings. The predicted molar refractivity (Wildman–Crippen MR) is 43.6 cm³/mol. The Morgan fingerprint density at radius 3 is 2.46 bits per heavy atom. The van der Waals surface area contributed by atoms with Crippen LogP contribution in [0.2, 0.25) is 5.02 Å². The van der Waals surface area contributed by atoms with Crippen molar-refractivity contribution in [3.8, 4) is 0 Å². The Morgan fingerprint density at radius 2 is 2.08 bits per heavy atom. The number of rotatable bonds is 1. The molecule has 5 heteroatoms. The molecule has 0 spiro atoms. The smallest absolute Gasteiger partial charge is 0.259 e. The van der Waals surface area contributed by atoms with Crippen LogP contribution in [0.3, 0.4) is 0 Å². The Bertz CT molecular complexity index is 309. The topological polar surface area (TPSA) is 12.9 Å². The van der Waals surface area contributed by atoms with Crippen molar-refractivity contribution in [1.29, 1.82) is 0 Å². The van der Waals surface area contributed by atoms with E-state index in [0.717, 1.165) is 12.3 Å². The maximum atomic E-state index is 12.1. The third-order valence-corrected chi connectivity index (χ3v) is 1.91. The van der Waals surface area contributed by atoms with Gasteiger partial charge in [0.25, 0.3) is 0 Å². The molecule has 0 N–H and O–H groups in total. The molecule has 72 valence electrons. The molecule has 1 rings (SSSR count). The summed E-state index contributed by atoms with van der Waals surface area (Å²) in [4.78, 5) is 3.61. The SMILES string of the molecule is CCc1ncc(C(F)(F)F)cc1Cl. The molecule has 1 aromatic heterocycles. The number of hydrogen-bond acceptors (Lipinski definition) is 1. The lowest BCUT2D eigenvalue weighted by Crippen LogP contribution is -2.06. The van der Waals surface area contributed by atoms with Crippen molar-refractivity contribution in [2.75, 3.05) is 0 Å². The summed E-state index contributed by atoms with van der Waals surface area (Å²) < 4.78 is 36.3. The summed E-state index contributed by atoms with van der Waals surface area (Å²) in [6.45, 7) is 1.78. The summed E-state index contributed by atoms with van der Waals surface area (Å²) in [6, 6.07) is 0.896. The van der Waals surface area contributed by atoms with Crippen molar-refractivity contribution < 1.29 is 13.2 Å². The maximum absolute atomic E-state index is 12.1. The second-order valence-corrected chi connectivity index (χ2v) is 2.91. The third-order valence-electron chi connectivity index (χ3n) is 1.58. The largest absolute Gasteiger partial charge is 0.417 e. The van der Waals surface area contributed by atoms with Crippen molar-refractivity contribution in [2.45, 2.75) is 19.5 Å². The molecule has 0 aliphatic heterocycles. The fourth-order valence-corrected chi connectivity index (χ4v) is 1.18. The Hall–Kier alpha value is -0.770. The summed E-state index contributed by atoms with van der Waals surface area (Å²) in [6.07, 6.45) is -3.05. The second-order valence-electron chi connectivity index (χ2n) is 2.50. The average molecular weight is 210 g/mol. The number of pyridine rings is 1. The van der Waals surface area contributed by atoms with Gasteiger partial charge in [-0.2, -0.15) is 13.2 Å². The highest BCUT2D eigenvalue weighted by Gasteiger charge is 2.31. The molecule has 0 saturated heterocycles. The first kappa shape index (κ1) is 10.3. The molecule has 13 heavy (non-hydrogen) atoms. The molecular formula is C8H7ClF3N. The molecular weight excluding hydrogens is 203 g/mol. The van der Waals surface area contributed by atoms with E-state index in [1.54, 1.807) is 6.92 Å². The monoisotopic (exact) mass is 209 g/mol. The minimum atomic E-state index is -4.37. The van der Waals surface area contributed by atoms with E-state index in [1.165, 1.54) is 0 Å². The lowest BCUT2D eigenvalue weighted by atomic mass is 10.2. The molecule has 1 aromatic rings. The zero-order valence-corrected chi connectivity index (χ0v) is 7.58. The van der Waals surface area contributed by atoms with Crippen molar-refractivity contribution in [3.05, 3.63) is 28.5 Å². The number of alkyl halides is 3. The second kappa shape index (κ2) is 3.54. The van der Waals surface area contributed by atoms with Crippen LogP contribution in [-0.4, -0.2) is 4.98 Å². The predicted octanol–water partition coefficient (Wildman–Crippen LogP) is 3.32. The van der Waals surface area contributed by atoms with Gasteiger partial charge >= 0.3 is 6.18 Å². The van der Waals surface area contributed by atoms with Crippen molar-refractivity contribution >= 4 is 11.6 Å². The van der Waals surface area contributed by atoms with Gasteiger partial charge in [-0.1, -0.05) is 18.5 Å². The van der Waals surface area contributed by atoms with Gasteiger partial charge in [-0.15, -0.1) is 0 Å². The summed E-state index contributed by atoms with van der Waals surface area (Å²) in [7, 11) is 0. The Labute approximate surface area is 78.5 Å². The minimum Gasteiger partial charge on any atom is -0.259 e. The van der Waals surface area contributed by atoms with Gasteiger partial charge in [0.15, 0.2) is 0 Å². The molecule has 0 radical (unpaired) electrons. The summed E-state index contributed by atoms with van der Waals surface area (Å²) in [5.41, 5.74) is -0.329. The van der Waals surface area contributed by atoms with E-state index < -0.39 is 11.7 Å². The molecule has 0 bridgehead atoms.